The lowest BCUT2D eigenvalue weighted by molar-refractivity contribution is -0.141. The second-order valence-electron chi connectivity index (χ2n) is 16.4. The van der Waals surface area contributed by atoms with Crippen LogP contribution < -0.4 is 20.1 Å². The minimum atomic E-state index is -3.91. The zero-order valence-electron chi connectivity index (χ0n) is 32.5. The number of benzene rings is 1. The number of nitrogens with one attached hydrogen (secondary N) is 3. The second-order valence-corrected chi connectivity index (χ2v) is 19.3. The summed E-state index contributed by atoms with van der Waals surface area (Å²) in [5.41, 5.74) is 0.280. The Morgan fingerprint density at radius 2 is 1.85 bits per heavy atom. The molecule has 1 aromatic carbocycles. The average molecular weight is 849 g/mol. The number of rotatable bonds is 9. The van der Waals surface area contributed by atoms with Crippen LogP contribution in [0.5, 0.6) is 5.88 Å². The molecule has 0 bridgehead atoms. The van der Waals surface area contributed by atoms with Gasteiger partial charge in [-0.25, -0.2) is 23.2 Å². The first-order valence-electron chi connectivity index (χ1n) is 20.6. The molecule has 8 atom stereocenters. The van der Waals surface area contributed by atoms with Crippen molar-refractivity contribution in [2.45, 2.75) is 99.5 Å². The second kappa shape index (κ2) is 16.4. The maximum atomic E-state index is 14.7. The summed E-state index contributed by atoms with van der Waals surface area (Å²) < 4.78 is 51.7. The molecule has 0 radical (unpaired) electrons. The summed E-state index contributed by atoms with van der Waals surface area (Å²) in [5, 5.41) is 7.00. The van der Waals surface area contributed by atoms with Gasteiger partial charge in [0.15, 0.2) is 6.29 Å². The number of fused-ring (bicyclic) bond motifs is 4. The van der Waals surface area contributed by atoms with Gasteiger partial charge in [-0.05, 0) is 68.5 Å². The molecule has 6 heterocycles. The molecule has 16 nitrogen and oxygen atoms in total. The summed E-state index contributed by atoms with van der Waals surface area (Å²) in [4.78, 5) is 68.4. The first-order chi connectivity index (χ1) is 28.6. The van der Waals surface area contributed by atoms with E-state index in [1.807, 2.05) is 53.9 Å². The van der Waals surface area contributed by atoms with Crippen molar-refractivity contribution in [3.8, 4) is 16.5 Å². The highest BCUT2D eigenvalue weighted by atomic mass is 32.2. The lowest BCUT2D eigenvalue weighted by Gasteiger charge is -2.29. The third-order valence-electron chi connectivity index (χ3n) is 12.3. The number of hydrogen-bond donors (Lipinski definition) is 3. The summed E-state index contributed by atoms with van der Waals surface area (Å²) >= 11 is 1.47. The van der Waals surface area contributed by atoms with Gasteiger partial charge < -0.3 is 34.5 Å². The van der Waals surface area contributed by atoms with Crippen LogP contribution >= 0.6 is 11.3 Å². The minimum absolute atomic E-state index is 0.0258. The molecule has 6 aliphatic rings. The molecule has 4 amide bonds. The third kappa shape index (κ3) is 8.41. The first-order valence-corrected chi connectivity index (χ1v) is 23.0. The average Bonchev–Trinajstić information content (AvgIpc) is 3.85. The molecule has 0 spiro atoms. The van der Waals surface area contributed by atoms with Crippen LogP contribution in [0.15, 0.2) is 53.9 Å². The number of alkyl carbamates (subject to hydrolysis) is 1. The zero-order chi connectivity index (χ0) is 40.7. The Morgan fingerprint density at radius 1 is 1.02 bits per heavy atom. The van der Waals surface area contributed by atoms with Gasteiger partial charge in [-0.15, -0.1) is 11.3 Å². The van der Waals surface area contributed by atoms with Crippen molar-refractivity contribution in [1.82, 2.24) is 30.2 Å². The summed E-state index contributed by atoms with van der Waals surface area (Å²) in [7, 11) is -3.91. The molecule has 5 fully saturated rings. The number of hydrogen-bond acceptors (Lipinski definition) is 13. The Bertz CT molecular complexity index is 2240. The van der Waals surface area contributed by atoms with E-state index in [-0.39, 0.29) is 50.0 Å². The molecule has 59 heavy (non-hydrogen) atoms. The first kappa shape index (κ1) is 39.8. The SMILES string of the molecule is O=C(N[C@H]1CCCCC/C=C\C2C[C@@]2(C(=O)NS(=O)(=O)C2CC2)NC(=O)[C@@H]2C[C@@H](Oc3nc4ccccc4nc3-c3cccs3)CN2C1=O)OCC1COC2OCCC12. The van der Waals surface area contributed by atoms with Crippen LogP contribution in [0.3, 0.4) is 0 Å². The number of carbonyl (C=O) groups is 4. The number of sulfonamides is 1. The lowest BCUT2D eigenvalue weighted by Crippen LogP contribution is -2.58. The Labute approximate surface area is 345 Å². The summed E-state index contributed by atoms with van der Waals surface area (Å²) in [6.07, 6.45) is 7.14. The van der Waals surface area contributed by atoms with Gasteiger partial charge in [0.05, 0.1) is 47.5 Å². The predicted octanol–water partition coefficient (Wildman–Crippen LogP) is 3.81. The molecule has 4 unspecified atom stereocenters. The number of amides is 4. The van der Waals surface area contributed by atoms with Crippen LogP contribution in [0.25, 0.3) is 21.6 Å². The predicted molar refractivity (Wildman–Crippen MR) is 214 cm³/mol. The molecule has 2 aliphatic carbocycles. The van der Waals surface area contributed by atoms with Gasteiger partial charge in [-0.3, -0.25) is 19.1 Å². The van der Waals surface area contributed by atoms with Gasteiger partial charge in [0, 0.05) is 24.2 Å². The van der Waals surface area contributed by atoms with Crippen LogP contribution in [-0.2, 0) is 38.6 Å². The lowest BCUT2D eigenvalue weighted by atomic mass is 9.94. The smallest absolute Gasteiger partial charge is 0.407 e. The van der Waals surface area contributed by atoms with Gasteiger partial charge >= 0.3 is 6.09 Å². The van der Waals surface area contributed by atoms with E-state index in [0.717, 1.165) is 24.1 Å². The highest BCUT2D eigenvalue weighted by Gasteiger charge is 2.62. The van der Waals surface area contributed by atoms with Crippen LogP contribution in [0, 0.1) is 17.8 Å². The number of ether oxygens (including phenoxy) is 4. The van der Waals surface area contributed by atoms with Crippen molar-refractivity contribution < 1.29 is 46.5 Å². The highest BCUT2D eigenvalue weighted by Crippen LogP contribution is 2.46. The van der Waals surface area contributed by atoms with E-state index in [9.17, 15) is 27.6 Å². The molecular formula is C41H48N6O10S2. The van der Waals surface area contributed by atoms with Crippen molar-refractivity contribution in [2.24, 2.45) is 17.8 Å². The van der Waals surface area contributed by atoms with E-state index < -0.39 is 68.7 Å². The number of para-hydroxylation sites is 2. The maximum Gasteiger partial charge on any atom is 0.407 e. The van der Waals surface area contributed by atoms with Crippen LogP contribution in [0.2, 0.25) is 0 Å². The maximum absolute atomic E-state index is 14.7. The quantitative estimate of drug-likeness (QED) is 0.263. The van der Waals surface area contributed by atoms with Crippen molar-refractivity contribution >= 4 is 56.2 Å². The van der Waals surface area contributed by atoms with E-state index in [1.54, 1.807) is 0 Å². The molecule has 3 saturated heterocycles. The van der Waals surface area contributed by atoms with E-state index in [0.29, 0.717) is 62.0 Å². The topological polar surface area (TPSA) is 204 Å². The van der Waals surface area contributed by atoms with E-state index in [1.165, 1.54) is 16.2 Å². The number of nitrogens with zero attached hydrogens (tertiary/aromatic N) is 3. The van der Waals surface area contributed by atoms with Crippen molar-refractivity contribution in [2.75, 3.05) is 26.4 Å². The van der Waals surface area contributed by atoms with Crippen LogP contribution in [0.1, 0.15) is 64.2 Å². The Hall–Kier alpha value is -4.65. The van der Waals surface area contributed by atoms with Gasteiger partial charge in [0.2, 0.25) is 27.7 Å². The molecule has 9 rings (SSSR count). The molecule has 18 heteroatoms. The summed E-state index contributed by atoms with van der Waals surface area (Å²) in [6.45, 7) is 1.07. The Balaban J connectivity index is 0.995. The number of carbonyl (C=O) groups excluding carboxylic acids is 4. The largest absolute Gasteiger partial charge is 0.471 e. The zero-order valence-corrected chi connectivity index (χ0v) is 34.1. The van der Waals surface area contributed by atoms with Gasteiger partial charge in [0.25, 0.3) is 5.91 Å². The Kier molecular flexibility index (Phi) is 11.1. The Morgan fingerprint density at radius 3 is 2.64 bits per heavy atom. The monoisotopic (exact) mass is 848 g/mol. The summed E-state index contributed by atoms with van der Waals surface area (Å²) in [5.74, 6) is -2.02. The van der Waals surface area contributed by atoms with Gasteiger partial charge in [0.1, 0.15) is 29.4 Å². The van der Waals surface area contributed by atoms with Crippen LogP contribution in [-0.4, -0.2) is 109 Å². The number of allylic oxidation sites excluding steroid dienone is 1. The van der Waals surface area contributed by atoms with Gasteiger partial charge in [-0.1, -0.05) is 43.2 Å². The van der Waals surface area contributed by atoms with Crippen molar-refractivity contribution in [1.29, 1.82) is 0 Å². The number of aromatic nitrogens is 2. The molecule has 3 N–H and O–H groups in total. The van der Waals surface area contributed by atoms with Gasteiger partial charge in [-0.2, -0.15) is 0 Å². The standard InChI is InChI=1S/C41H48N6O10S2/c48-35-32-19-26(57-36-34(33-13-8-18-58-33)42-29-10-6-7-11-30(29)43-36)21-47(32)37(49)31(44-40(51)56-23-24-22-55-38-28(24)16-17-54-38)12-5-3-1-2-4-9-25-20-41(25,45-35)39(50)46-59(52,53)27-14-15-27/h4,6-11,13,18,24-28,31-32,38H,1-3,5,12,14-17,19-23H2,(H,44,51)(H,45,48)(H,46,50)/b9-4-/t24?,25?,26-,28?,31+,32+,38?,41-/m1/s1. The van der Waals surface area contributed by atoms with E-state index in [2.05, 4.69) is 15.4 Å². The van der Waals surface area contributed by atoms with Crippen LogP contribution in [0.4, 0.5) is 4.79 Å². The van der Waals surface area contributed by atoms with E-state index in [4.69, 9.17) is 28.9 Å². The van der Waals surface area contributed by atoms with Crippen molar-refractivity contribution in [3.05, 3.63) is 53.9 Å². The molecular weight excluding hydrogens is 801 g/mol. The van der Waals surface area contributed by atoms with Crippen molar-refractivity contribution in [3.63, 3.8) is 0 Å². The minimum Gasteiger partial charge on any atom is -0.471 e. The molecule has 314 valence electrons. The molecule has 4 aliphatic heterocycles. The fraction of sp³-hybridized carbons (Fsp3) is 0.561. The summed E-state index contributed by atoms with van der Waals surface area (Å²) in [6, 6.07) is 9.06. The molecule has 3 aromatic rings. The number of thiophene rings is 1. The normalized spacial score (nSPS) is 31.5. The fourth-order valence-corrected chi connectivity index (χ4v) is 10.8. The third-order valence-corrected chi connectivity index (χ3v) is 15.0. The molecule has 2 aromatic heterocycles. The molecule has 2 saturated carbocycles. The van der Waals surface area contributed by atoms with E-state index >= 15 is 0 Å². The fourth-order valence-electron chi connectivity index (χ4n) is 8.74. The highest BCUT2D eigenvalue weighted by molar-refractivity contribution is 7.91.